The van der Waals surface area contributed by atoms with E-state index in [4.69, 9.17) is 0 Å². The fourth-order valence-corrected chi connectivity index (χ4v) is 3.90. The quantitative estimate of drug-likeness (QED) is 0.235. The Balaban J connectivity index is 2.22. The van der Waals surface area contributed by atoms with Crippen LogP contribution in [0.2, 0.25) is 0 Å². The zero-order valence-electron chi connectivity index (χ0n) is 20.5. The van der Waals surface area contributed by atoms with Crippen LogP contribution in [-0.2, 0) is 0 Å². The molecule has 0 amide bonds. The molecule has 0 atom stereocenters. The highest BCUT2D eigenvalue weighted by atomic mass is 16.3. The fraction of sp³-hybridized carbons (Fsp3) is 0.194. The van der Waals surface area contributed by atoms with Crippen LogP contribution in [-0.4, -0.2) is 17.9 Å². The van der Waals surface area contributed by atoms with Gasteiger partial charge in [-0.25, -0.2) is 0 Å². The lowest BCUT2D eigenvalue weighted by Gasteiger charge is -2.17. The molecule has 0 bridgehead atoms. The molecule has 0 aliphatic carbocycles. The number of hydrogen-bond acceptors (Lipinski definition) is 2. The summed E-state index contributed by atoms with van der Waals surface area (Å²) in [5.74, 6) is 0.316. The van der Waals surface area contributed by atoms with Crippen molar-refractivity contribution < 1.29 is 5.11 Å². The maximum absolute atomic E-state index is 11.0. The highest BCUT2D eigenvalue weighted by Gasteiger charge is 2.17. The van der Waals surface area contributed by atoms with Gasteiger partial charge in [0.1, 0.15) is 5.76 Å². The monoisotopic (exact) mass is 435 g/mol. The van der Waals surface area contributed by atoms with Crippen LogP contribution in [0.5, 0.6) is 0 Å². The number of aliphatic hydroxyl groups excluding tert-OH is 1. The summed E-state index contributed by atoms with van der Waals surface area (Å²) in [6, 6.07) is 27.2. The highest BCUT2D eigenvalue weighted by Crippen LogP contribution is 2.33. The zero-order chi connectivity index (χ0) is 24.0. The van der Waals surface area contributed by atoms with Gasteiger partial charge in [-0.05, 0) is 74.6 Å². The van der Waals surface area contributed by atoms with Crippen LogP contribution in [0.1, 0.15) is 44.4 Å². The Hall–Kier alpha value is -3.65. The second-order valence-corrected chi connectivity index (χ2v) is 8.71. The number of benzene rings is 3. The average Bonchev–Trinajstić information content (AvgIpc) is 2.81. The SMILES string of the molecule is CN=C(/C=C(\C(=C(C)C)C(O)=C(C)C)c1cccc(C)c1)c1cccc(-c2ccccc2)c1. The number of rotatable bonds is 6. The van der Waals surface area contributed by atoms with Gasteiger partial charge >= 0.3 is 0 Å². The molecule has 0 fully saturated rings. The molecule has 0 heterocycles. The van der Waals surface area contributed by atoms with Crippen LogP contribution in [0.4, 0.5) is 0 Å². The Morgan fingerprint density at radius 1 is 0.727 bits per heavy atom. The van der Waals surface area contributed by atoms with E-state index < -0.39 is 0 Å². The summed E-state index contributed by atoms with van der Waals surface area (Å²) >= 11 is 0. The van der Waals surface area contributed by atoms with Crippen LogP contribution >= 0.6 is 0 Å². The predicted octanol–water partition coefficient (Wildman–Crippen LogP) is 8.35. The molecule has 3 aromatic carbocycles. The molecule has 0 saturated heterocycles. The van der Waals surface area contributed by atoms with Gasteiger partial charge in [0.2, 0.25) is 0 Å². The molecular formula is C31H33NO. The van der Waals surface area contributed by atoms with Crippen molar-refractivity contribution in [2.75, 3.05) is 7.05 Å². The summed E-state index contributed by atoms with van der Waals surface area (Å²) in [6.07, 6.45) is 2.10. The molecule has 2 heteroatoms. The third-order valence-corrected chi connectivity index (χ3v) is 5.60. The van der Waals surface area contributed by atoms with Crippen LogP contribution in [0.25, 0.3) is 16.7 Å². The van der Waals surface area contributed by atoms with Gasteiger partial charge in [0.05, 0.1) is 5.71 Å². The lowest BCUT2D eigenvalue weighted by molar-refractivity contribution is 0.419. The molecule has 0 saturated carbocycles. The number of aryl methyl sites for hydroxylation is 1. The van der Waals surface area contributed by atoms with Crippen LogP contribution in [0.15, 0.2) is 112 Å². The van der Waals surface area contributed by atoms with Crippen molar-refractivity contribution in [1.82, 2.24) is 0 Å². The minimum atomic E-state index is 0.316. The number of hydrogen-bond donors (Lipinski definition) is 1. The van der Waals surface area contributed by atoms with Crippen molar-refractivity contribution in [2.45, 2.75) is 34.6 Å². The van der Waals surface area contributed by atoms with E-state index in [9.17, 15) is 5.11 Å². The lowest BCUT2D eigenvalue weighted by Crippen LogP contribution is -2.04. The van der Waals surface area contributed by atoms with E-state index in [1.54, 1.807) is 0 Å². The van der Waals surface area contributed by atoms with Gasteiger partial charge in [-0.2, -0.15) is 0 Å². The molecule has 3 rings (SSSR count). The Labute approximate surface area is 198 Å². The Morgan fingerprint density at radius 3 is 1.97 bits per heavy atom. The smallest absolute Gasteiger partial charge is 0.121 e. The molecule has 0 spiro atoms. The molecule has 0 unspecified atom stereocenters. The standard InChI is InChI=1S/C31H33NO/c1-21(2)30(31(33)22(3)4)28(26-16-10-12-23(5)18-26)20-29(32-6)27-17-11-15-25(19-27)24-13-8-7-9-14-24/h7-20,33H,1-6H3/b28-20-,32-29?. The van der Waals surface area contributed by atoms with Gasteiger partial charge < -0.3 is 5.11 Å². The normalized spacial score (nSPS) is 11.8. The summed E-state index contributed by atoms with van der Waals surface area (Å²) in [5.41, 5.74) is 10.2. The molecule has 3 aromatic rings. The Bertz CT molecular complexity index is 1250. The molecule has 33 heavy (non-hydrogen) atoms. The summed E-state index contributed by atoms with van der Waals surface area (Å²) in [7, 11) is 1.82. The number of allylic oxidation sites excluding steroid dienone is 4. The van der Waals surface area contributed by atoms with Gasteiger partial charge in [-0.3, -0.25) is 4.99 Å². The van der Waals surface area contributed by atoms with E-state index in [-0.39, 0.29) is 0 Å². The topological polar surface area (TPSA) is 32.6 Å². The van der Waals surface area contributed by atoms with Crippen molar-refractivity contribution in [1.29, 1.82) is 0 Å². The fourth-order valence-electron chi connectivity index (χ4n) is 3.90. The number of nitrogens with zero attached hydrogens (tertiary/aromatic N) is 1. The zero-order valence-corrected chi connectivity index (χ0v) is 20.5. The minimum absolute atomic E-state index is 0.316. The van der Waals surface area contributed by atoms with Crippen LogP contribution in [0, 0.1) is 6.92 Å². The van der Waals surface area contributed by atoms with E-state index in [1.807, 2.05) is 40.8 Å². The number of aliphatic imine (C=N–C) groups is 1. The van der Waals surface area contributed by atoms with Crippen LogP contribution in [0.3, 0.4) is 0 Å². The molecule has 0 radical (unpaired) electrons. The first kappa shape index (κ1) is 24.0. The van der Waals surface area contributed by atoms with Crippen molar-refractivity contribution in [3.63, 3.8) is 0 Å². The maximum atomic E-state index is 11.0. The average molecular weight is 436 g/mol. The van der Waals surface area contributed by atoms with Gasteiger partial charge in [0, 0.05) is 18.2 Å². The summed E-state index contributed by atoms with van der Waals surface area (Å²) in [6.45, 7) is 10.0. The third kappa shape index (κ3) is 5.78. The summed E-state index contributed by atoms with van der Waals surface area (Å²) < 4.78 is 0. The predicted molar refractivity (Wildman–Crippen MR) is 143 cm³/mol. The van der Waals surface area contributed by atoms with Gasteiger partial charge in [-0.15, -0.1) is 0 Å². The van der Waals surface area contributed by atoms with E-state index in [2.05, 4.69) is 90.8 Å². The minimum Gasteiger partial charge on any atom is -0.507 e. The van der Waals surface area contributed by atoms with Crippen molar-refractivity contribution in [3.8, 4) is 11.1 Å². The van der Waals surface area contributed by atoms with E-state index in [0.717, 1.165) is 44.7 Å². The van der Waals surface area contributed by atoms with Gasteiger partial charge in [0.15, 0.2) is 0 Å². The van der Waals surface area contributed by atoms with Crippen LogP contribution < -0.4 is 0 Å². The maximum Gasteiger partial charge on any atom is 0.121 e. The van der Waals surface area contributed by atoms with Crippen molar-refractivity contribution >= 4 is 11.3 Å². The first-order valence-corrected chi connectivity index (χ1v) is 11.3. The molecule has 168 valence electrons. The highest BCUT2D eigenvalue weighted by molar-refractivity contribution is 6.14. The first-order valence-electron chi connectivity index (χ1n) is 11.3. The van der Waals surface area contributed by atoms with E-state index in [1.165, 1.54) is 11.1 Å². The second kappa shape index (κ2) is 10.8. The Morgan fingerprint density at radius 2 is 1.36 bits per heavy atom. The molecular weight excluding hydrogens is 402 g/mol. The van der Waals surface area contributed by atoms with Gasteiger partial charge in [-0.1, -0.05) is 83.9 Å². The molecule has 2 nitrogen and oxygen atoms in total. The largest absolute Gasteiger partial charge is 0.507 e. The molecule has 0 aliphatic heterocycles. The van der Waals surface area contributed by atoms with Crippen molar-refractivity contribution in [3.05, 3.63) is 124 Å². The Kier molecular flexibility index (Phi) is 7.84. The molecule has 1 N–H and O–H groups in total. The first-order chi connectivity index (χ1) is 15.8. The molecule has 0 aliphatic rings. The molecule has 0 aromatic heterocycles. The van der Waals surface area contributed by atoms with Crippen molar-refractivity contribution in [2.24, 2.45) is 4.99 Å². The third-order valence-electron chi connectivity index (χ3n) is 5.60. The second-order valence-electron chi connectivity index (χ2n) is 8.71. The van der Waals surface area contributed by atoms with E-state index in [0.29, 0.717) is 5.76 Å². The summed E-state index contributed by atoms with van der Waals surface area (Å²) in [5, 5.41) is 11.0. The van der Waals surface area contributed by atoms with Gasteiger partial charge in [0.25, 0.3) is 0 Å². The lowest BCUT2D eigenvalue weighted by atomic mass is 9.89. The summed E-state index contributed by atoms with van der Waals surface area (Å²) in [4.78, 5) is 4.65. The number of aliphatic hydroxyl groups is 1. The van der Waals surface area contributed by atoms with E-state index >= 15 is 0 Å².